The number of rotatable bonds is 4. The Balaban J connectivity index is 2.09. The highest BCUT2D eigenvalue weighted by atomic mass is 32.2. The van der Waals surface area contributed by atoms with Gasteiger partial charge in [-0.3, -0.25) is 0 Å². The monoisotopic (exact) mass is 303 g/mol. The molecule has 0 unspecified atom stereocenters. The van der Waals surface area contributed by atoms with Crippen LogP contribution in [0.15, 0.2) is 47.8 Å². The smallest absolute Gasteiger partial charge is 0.240 e. The van der Waals surface area contributed by atoms with Crippen molar-refractivity contribution in [3.05, 3.63) is 54.1 Å². The summed E-state index contributed by atoms with van der Waals surface area (Å²) in [6.07, 6.45) is 2.91. The van der Waals surface area contributed by atoms with Crippen LogP contribution < -0.4 is 4.72 Å². The Kier molecular flexibility index (Phi) is 5.00. The molecule has 1 heterocycles. The first-order chi connectivity index (χ1) is 10.1. The number of sulfonamides is 1. The van der Waals surface area contributed by atoms with Crippen LogP contribution >= 0.6 is 0 Å². The second-order valence-corrected chi connectivity index (χ2v) is 5.78. The van der Waals surface area contributed by atoms with E-state index in [1.165, 1.54) is 18.5 Å². The molecule has 0 radical (unpaired) electrons. The maximum Gasteiger partial charge on any atom is 0.240 e. The average molecular weight is 303 g/mol. The third-order valence-corrected chi connectivity index (χ3v) is 3.98. The van der Waals surface area contributed by atoms with Gasteiger partial charge in [0.05, 0.1) is 17.1 Å². The van der Waals surface area contributed by atoms with Gasteiger partial charge in [0.25, 0.3) is 0 Å². The third-order valence-electron chi connectivity index (χ3n) is 2.56. The predicted molar refractivity (Wildman–Crippen MR) is 76.5 cm³/mol. The van der Waals surface area contributed by atoms with E-state index in [0.717, 1.165) is 0 Å². The highest BCUT2D eigenvalue weighted by Crippen LogP contribution is 2.10. The first kappa shape index (κ1) is 15.1. The summed E-state index contributed by atoms with van der Waals surface area (Å²) in [4.78, 5) is 7.85. The summed E-state index contributed by atoms with van der Waals surface area (Å²) in [5.41, 5.74) is 1.22. The van der Waals surface area contributed by atoms with Gasteiger partial charge in [-0.15, -0.1) is 0 Å². The zero-order valence-electron chi connectivity index (χ0n) is 11.0. The van der Waals surface area contributed by atoms with Crippen molar-refractivity contribution in [1.82, 2.24) is 14.7 Å². The summed E-state index contributed by atoms with van der Waals surface area (Å²) in [5, 5.41) is 8.60. The number of aliphatic hydroxyl groups is 1. The summed E-state index contributed by atoms with van der Waals surface area (Å²) in [6, 6.07) is 7.73. The summed E-state index contributed by atoms with van der Waals surface area (Å²) < 4.78 is 26.7. The molecule has 108 valence electrons. The summed E-state index contributed by atoms with van der Waals surface area (Å²) >= 11 is 0. The van der Waals surface area contributed by atoms with Gasteiger partial charge in [-0.25, -0.2) is 23.1 Å². The van der Waals surface area contributed by atoms with Crippen LogP contribution in [0.4, 0.5) is 0 Å². The number of aliphatic hydroxyl groups excluding tert-OH is 1. The average Bonchev–Trinajstić information content (AvgIpc) is 2.52. The molecule has 2 aromatic rings. The number of nitrogens with one attached hydrogen (secondary N) is 1. The van der Waals surface area contributed by atoms with Gasteiger partial charge in [0.1, 0.15) is 12.9 Å². The SMILES string of the molecule is O=S(=O)(NCc1ccncn1)c1ccc(C#CCO)cc1. The number of hydrogen-bond acceptors (Lipinski definition) is 5. The molecule has 0 amide bonds. The second-order valence-electron chi connectivity index (χ2n) is 4.01. The Morgan fingerprint density at radius 3 is 2.57 bits per heavy atom. The zero-order valence-corrected chi connectivity index (χ0v) is 11.8. The Hall–Kier alpha value is -2.27. The third kappa shape index (κ3) is 4.36. The minimum Gasteiger partial charge on any atom is -0.384 e. The topological polar surface area (TPSA) is 92.2 Å². The van der Waals surface area contributed by atoms with Crippen LogP contribution in [0.3, 0.4) is 0 Å². The summed E-state index contributed by atoms with van der Waals surface area (Å²) in [6.45, 7) is -0.141. The van der Waals surface area contributed by atoms with Crippen molar-refractivity contribution in [2.45, 2.75) is 11.4 Å². The van der Waals surface area contributed by atoms with E-state index in [-0.39, 0.29) is 18.0 Å². The normalized spacial score (nSPS) is 10.7. The summed E-state index contributed by atoms with van der Waals surface area (Å²) in [5.74, 6) is 5.19. The molecule has 0 spiro atoms. The molecule has 2 rings (SSSR count). The van der Waals surface area contributed by atoms with Crippen LogP contribution in [-0.2, 0) is 16.6 Å². The first-order valence-corrected chi connectivity index (χ1v) is 7.54. The van der Waals surface area contributed by atoms with Crippen LogP contribution in [0.25, 0.3) is 0 Å². The van der Waals surface area contributed by atoms with Crippen LogP contribution in [0.5, 0.6) is 0 Å². The van der Waals surface area contributed by atoms with Crippen LogP contribution in [0.1, 0.15) is 11.3 Å². The van der Waals surface area contributed by atoms with E-state index in [1.807, 2.05) is 0 Å². The number of benzene rings is 1. The lowest BCUT2D eigenvalue weighted by Crippen LogP contribution is -2.23. The molecule has 0 atom stereocenters. The van der Waals surface area contributed by atoms with Gasteiger partial charge in [-0.05, 0) is 30.3 Å². The van der Waals surface area contributed by atoms with Crippen LogP contribution in [0, 0.1) is 11.8 Å². The fourth-order valence-electron chi connectivity index (χ4n) is 1.53. The van der Waals surface area contributed by atoms with Gasteiger partial charge >= 0.3 is 0 Å². The molecule has 1 aromatic heterocycles. The molecule has 0 aliphatic rings. The van der Waals surface area contributed by atoms with Crippen molar-refractivity contribution in [2.24, 2.45) is 0 Å². The van der Waals surface area contributed by atoms with E-state index >= 15 is 0 Å². The first-order valence-electron chi connectivity index (χ1n) is 6.06. The van der Waals surface area contributed by atoms with E-state index in [2.05, 4.69) is 26.5 Å². The maximum atomic E-state index is 12.1. The largest absolute Gasteiger partial charge is 0.384 e. The Morgan fingerprint density at radius 2 is 1.95 bits per heavy atom. The van der Waals surface area contributed by atoms with Crippen molar-refractivity contribution >= 4 is 10.0 Å². The molecule has 0 saturated heterocycles. The maximum absolute atomic E-state index is 12.1. The Labute approximate surface area is 122 Å². The zero-order chi connectivity index (χ0) is 15.1. The minimum atomic E-state index is -3.60. The molecule has 1 aromatic carbocycles. The molecule has 0 fully saturated rings. The van der Waals surface area contributed by atoms with Crippen molar-refractivity contribution in [2.75, 3.05) is 6.61 Å². The molecule has 0 aliphatic carbocycles. The van der Waals surface area contributed by atoms with Crippen molar-refractivity contribution < 1.29 is 13.5 Å². The van der Waals surface area contributed by atoms with Crippen LogP contribution in [-0.4, -0.2) is 30.1 Å². The van der Waals surface area contributed by atoms with Gasteiger partial charge < -0.3 is 5.11 Å². The molecule has 2 N–H and O–H groups in total. The second kappa shape index (κ2) is 6.95. The molecule has 7 heteroatoms. The lowest BCUT2D eigenvalue weighted by atomic mass is 10.2. The van der Waals surface area contributed by atoms with Crippen LogP contribution in [0.2, 0.25) is 0 Å². The van der Waals surface area contributed by atoms with Crippen molar-refractivity contribution in [3.8, 4) is 11.8 Å². The molecule has 6 nitrogen and oxygen atoms in total. The quantitative estimate of drug-likeness (QED) is 0.793. The van der Waals surface area contributed by atoms with Gasteiger partial charge in [-0.1, -0.05) is 11.8 Å². The van der Waals surface area contributed by atoms with E-state index in [9.17, 15) is 8.42 Å². The Morgan fingerprint density at radius 1 is 1.19 bits per heavy atom. The minimum absolute atomic E-state index is 0.0942. The van der Waals surface area contributed by atoms with E-state index < -0.39 is 10.0 Å². The van der Waals surface area contributed by atoms with Gasteiger partial charge in [0.15, 0.2) is 0 Å². The highest BCUT2D eigenvalue weighted by Gasteiger charge is 2.13. The Bertz CT molecular complexity index is 748. The molecule has 0 saturated carbocycles. The number of hydrogen-bond donors (Lipinski definition) is 2. The fourth-order valence-corrected chi connectivity index (χ4v) is 2.53. The molecular formula is C14H13N3O3S. The number of aromatic nitrogens is 2. The highest BCUT2D eigenvalue weighted by molar-refractivity contribution is 7.89. The predicted octanol–water partition coefficient (Wildman–Crippen LogP) is 0.299. The van der Waals surface area contributed by atoms with Gasteiger partial charge in [-0.2, -0.15) is 0 Å². The molecule has 0 aliphatic heterocycles. The van der Waals surface area contributed by atoms with E-state index in [1.54, 1.807) is 24.4 Å². The lowest BCUT2D eigenvalue weighted by Gasteiger charge is -2.06. The summed E-state index contributed by atoms with van der Waals surface area (Å²) in [7, 11) is -3.60. The number of nitrogens with zero attached hydrogens (tertiary/aromatic N) is 2. The van der Waals surface area contributed by atoms with E-state index in [4.69, 9.17) is 5.11 Å². The van der Waals surface area contributed by atoms with Gasteiger partial charge in [0, 0.05) is 11.8 Å². The fraction of sp³-hybridized carbons (Fsp3) is 0.143. The molecule has 0 bridgehead atoms. The lowest BCUT2D eigenvalue weighted by molar-refractivity contribution is 0.350. The van der Waals surface area contributed by atoms with Crippen molar-refractivity contribution in [1.29, 1.82) is 0 Å². The molecule has 21 heavy (non-hydrogen) atoms. The standard InChI is InChI=1S/C14H13N3O3S/c18-9-1-2-12-3-5-14(6-4-12)21(19,20)17-10-13-7-8-15-11-16-13/h3-8,11,17-18H,9-10H2. The van der Waals surface area contributed by atoms with E-state index in [0.29, 0.717) is 11.3 Å². The molecular weight excluding hydrogens is 290 g/mol. The van der Waals surface area contributed by atoms with Gasteiger partial charge in [0.2, 0.25) is 10.0 Å². The van der Waals surface area contributed by atoms with Crippen molar-refractivity contribution in [3.63, 3.8) is 0 Å².